The Morgan fingerprint density at radius 2 is 1.86 bits per heavy atom. The van der Waals surface area contributed by atoms with Gasteiger partial charge in [-0.15, -0.1) is 0 Å². The summed E-state index contributed by atoms with van der Waals surface area (Å²) in [5.41, 5.74) is -0.767. The predicted molar refractivity (Wildman–Crippen MR) is 106 cm³/mol. The molecule has 2 aliphatic heterocycles. The fraction of sp³-hybridized carbons (Fsp3) is 0.474. The van der Waals surface area contributed by atoms with Gasteiger partial charge in [0.2, 0.25) is 10.0 Å². The van der Waals surface area contributed by atoms with Gasteiger partial charge in [0.05, 0.1) is 23.2 Å². The average Bonchev–Trinajstić information content (AvgIpc) is 2.60. The van der Waals surface area contributed by atoms with E-state index in [1.807, 2.05) is 0 Å². The van der Waals surface area contributed by atoms with Crippen molar-refractivity contribution in [2.75, 3.05) is 13.1 Å². The molecule has 1 amide bonds. The molecule has 2 heterocycles. The molecular formula is C19H23ClN2O6S. The standard InChI is InChI=1S/C19H23ClN2O6S/c1-19(2,3)28-18(25)21-9-13-8-17(24)15(11-23)16(10-21)22(13)29(26,27)14-6-4-12(20)5-7-14/h4-7,11,13,16,23H,8-10H2,1-3H3. The first-order valence-corrected chi connectivity index (χ1v) is 10.9. The van der Waals surface area contributed by atoms with Crippen LogP contribution in [0.15, 0.2) is 41.0 Å². The van der Waals surface area contributed by atoms with Crippen molar-refractivity contribution in [3.63, 3.8) is 0 Å². The van der Waals surface area contributed by atoms with E-state index in [1.54, 1.807) is 20.8 Å². The summed E-state index contributed by atoms with van der Waals surface area (Å²) in [5.74, 6) is -0.339. The number of carbonyl (C=O) groups excluding carboxylic acids is 2. The number of sulfonamides is 1. The maximum Gasteiger partial charge on any atom is 0.410 e. The maximum absolute atomic E-state index is 13.3. The highest BCUT2D eigenvalue weighted by molar-refractivity contribution is 7.89. The Labute approximate surface area is 174 Å². The number of rotatable bonds is 2. The zero-order chi connectivity index (χ0) is 21.6. The van der Waals surface area contributed by atoms with Gasteiger partial charge in [-0.25, -0.2) is 13.2 Å². The van der Waals surface area contributed by atoms with Gasteiger partial charge in [0.15, 0.2) is 5.78 Å². The van der Waals surface area contributed by atoms with Gasteiger partial charge in [0.25, 0.3) is 0 Å². The predicted octanol–water partition coefficient (Wildman–Crippen LogP) is 2.73. The first-order chi connectivity index (χ1) is 13.4. The zero-order valence-corrected chi connectivity index (χ0v) is 17.9. The van der Waals surface area contributed by atoms with Crippen LogP contribution < -0.4 is 0 Å². The number of piperazine rings is 1. The lowest BCUT2D eigenvalue weighted by Gasteiger charge is -2.48. The minimum absolute atomic E-state index is 0.0165. The molecule has 0 saturated carbocycles. The number of aliphatic hydroxyl groups is 1. The lowest BCUT2D eigenvalue weighted by Crippen LogP contribution is -2.66. The summed E-state index contributed by atoms with van der Waals surface area (Å²) in [6.07, 6.45) is -0.107. The van der Waals surface area contributed by atoms with E-state index in [-0.39, 0.29) is 35.8 Å². The molecule has 1 N–H and O–H groups in total. The second kappa shape index (κ2) is 7.62. The molecule has 29 heavy (non-hydrogen) atoms. The first kappa shape index (κ1) is 21.6. The molecule has 1 aromatic rings. The Kier molecular flexibility index (Phi) is 5.68. The molecule has 0 aliphatic carbocycles. The molecule has 2 aliphatic rings. The maximum atomic E-state index is 13.3. The number of ketones is 1. The molecule has 3 rings (SSSR count). The van der Waals surface area contributed by atoms with Gasteiger partial charge in [0, 0.05) is 30.1 Å². The van der Waals surface area contributed by atoms with Crippen LogP contribution in [-0.4, -0.2) is 65.4 Å². The van der Waals surface area contributed by atoms with Crippen molar-refractivity contribution in [1.82, 2.24) is 9.21 Å². The van der Waals surface area contributed by atoms with Crippen molar-refractivity contribution in [2.24, 2.45) is 0 Å². The zero-order valence-electron chi connectivity index (χ0n) is 16.3. The number of carbonyl (C=O) groups is 2. The lowest BCUT2D eigenvalue weighted by atomic mass is 9.89. The summed E-state index contributed by atoms with van der Waals surface area (Å²) in [6.45, 7) is 5.11. The topological polar surface area (TPSA) is 104 Å². The van der Waals surface area contributed by atoms with Gasteiger partial charge in [-0.1, -0.05) is 11.6 Å². The quantitative estimate of drug-likeness (QED) is 0.557. The summed E-state index contributed by atoms with van der Waals surface area (Å²) >= 11 is 5.86. The monoisotopic (exact) mass is 442 g/mol. The summed E-state index contributed by atoms with van der Waals surface area (Å²) in [6, 6.07) is 3.94. The molecular weight excluding hydrogens is 420 g/mol. The molecule has 2 fully saturated rings. The number of Topliss-reactive ketones (excluding diaryl/α,β-unsaturated/α-hetero) is 1. The second-order valence-electron chi connectivity index (χ2n) is 8.06. The highest BCUT2D eigenvalue weighted by Crippen LogP contribution is 2.36. The van der Waals surface area contributed by atoms with Gasteiger partial charge >= 0.3 is 6.09 Å². The molecule has 0 aromatic heterocycles. The number of aliphatic hydroxyl groups excluding tert-OH is 1. The minimum Gasteiger partial charge on any atom is -0.515 e. The number of amides is 1. The van der Waals surface area contributed by atoms with Gasteiger partial charge in [-0.2, -0.15) is 4.31 Å². The van der Waals surface area contributed by atoms with Crippen LogP contribution >= 0.6 is 11.6 Å². The van der Waals surface area contributed by atoms with E-state index in [9.17, 15) is 23.1 Å². The Hall–Kier alpha value is -2.10. The van der Waals surface area contributed by atoms with Crippen LogP contribution in [0.4, 0.5) is 4.79 Å². The van der Waals surface area contributed by atoms with Crippen LogP contribution in [0.2, 0.25) is 5.02 Å². The van der Waals surface area contributed by atoms with Gasteiger partial charge in [-0.3, -0.25) is 4.79 Å². The van der Waals surface area contributed by atoms with Crippen molar-refractivity contribution in [1.29, 1.82) is 0 Å². The third-order valence-electron chi connectivity index (χ3n) is 4.77. The van der Waals surface area contributed by atoms with Crippen LogP contribution in [-0.2, 0) is 19.6 Å². The molecule has 2 bridgehead atoms. The van der Waals surface area contributed by atoms with Crippen molar-refractivity contribution in [3.05, 3.63) is 41.1 Å². The molecule has 0 spiro atoms. The Bertz CT molecular complexity index is 952. The van der Waals surface area contributed by atoms with E-state index < -0.39 is 33.8 Å². The SMILES string of the molecule is CC(C)(C)OC(=O)N1CC2CC(=O)C(=CO)C(C1)N2S(=O)(=O)c1ccc(Cl)cc1. The number of benzene rings is 1. The summed E-state index contributed by atoms with van der Waals surface area (Å²) in [4.78, 5) is 26.3. The number of hydrogen-bond donors (Lipinski definition) is 1. The number of fused-ring (bicyclic) bond motifs is 2. The van der Waals surface area contributed by atoms with Crippen LogP contribution in [0.5, 0.6) is 0 Å². The molecule has 158 valence electrons. The van der Waals surface area contributed by atoms with E-state index in [0.717, 1.165) is 0 Å². The average molecular weight is 443 g/mol. The Morgan fingerprint density at radius 3 is 2.41 bits per heavy atom. The van der Waals surface area contributed by atoms with Crippen molar-refractivity contribution < 1.29 is 27.9 Å². The van der Waals surface area contributed by atoms with Crippen LogP contribution in [0, 0.1) is 0 Å². The summed E-state index contributed by atoms with van der Waals surface area (Å²) in [5, 5.41) is 10.0. The third kappa shape index (κ3) is 4.26. The number of ether oxygens (including phenoxy) is 1. The summed E-state index contributed by atoms with van der Waals surface area (Å²) in [7, 11) is -4.00. The smallest absolute Gasteiger partial charge is 0.410 e. The van der Waals surface area contributed by atoms with Crippen molar-refractivity contribution in [2.45, 2.75) is 49.8 Å². The number of hydrogen-bond acceptors (Lipinski definition) is 6. The number of nitrogens with zero attached hydrogens (tertiary/aromatic N) is 2. The minimum atomic E-state index is -4.00. The highest BCUT2D eigenvalue weighted by Gasteiger charge is 2.51. The van der Waals surface area contributed by atoms with E-state index in [0.29, 0.717) is 11.3 Å². The normalized spacial score (nSPS) is 24.6. The fourth-order valence-corrected chi connectivity index (χ4v) is 5.48. The fourth-order valence-electron chi connectivity index (χ4n) is 3.59. The molecule has 1 aromatic carbocycles. The van der Waals surface area contributed by atoms with Crippen LogP contribution in [0.1, 0.15) is 27.2 Å². The number of piperidine rings is 1. The molecule has 2 unspecified atom stereocenters. The highest BCUT2D eigenvalue weighted by atomic mass is 35.5. The Balaban J connectivity index is 1.98. The van der Waals surface area contributed by atoms with Crippen LogP contribution in [0.3, 0.4) is 0 Å². The van der Waals surface area contributed by atoms with Crippen molar-refractivity contribution in [3.8, 4) is 0 Å². The van der Waals surface area contributed by atoms with Crippen LogP contribution in [0.25, 0.3) is 0 Å². The number of likely N-dealkylation sites (tertiary alicyclic amines) is 1. The second-order valence-corrected chi connectivity index (χ2v) is 10.3. The number of halogens is 1. The van der Waals surface area contributed by atoms with Gasteiger partial charge in [0.1, 0.15) is 5.60 Å². The molecule has 2 atom stereocenters. The lowest BCUT2D eigenvalue weighted by molar-refractivity contribution is -0.120. The molecule has 0 radical (unpaired) electrons. The van der Waals surface area contributed by atoms with E-state index in [2.05, 4.69) is 0 Å². The third-order valence-corrected chi connectivity index (χ3v) is 7.00. The van der Waals surface area contributed by atoms with E-state index >= 15 is 0 Å². The summed E-state index contributed by atoms with van der Waals surface area (Å²) < 4.78 is 33.2. The van der Waals surface area contributed by atoms with Gasteiger partial charge < -0.3 is 14.7 Å². The van der Waals surface area contributed by atoms with E-state index in [1.165, 1.54) is 33.5 Å². The molecule has 8 nitrogen and oxygen atoms in total. The molecule has 2 saturated heterocycles. The van der Waals surface area contributed by atoms with E-state index in [4.69, 9.17) is 16.3 Å². The Morgan fingerprint density at radius 1 is 1.24 bits per heavy atom. The first-order valence-electron chi connectivity index (χ1n) is 9.08. The van der Waals surface area contributed by atoms with Gasteiger partial charge in [-0.05, 0) is 45.0 Å². The molecule has 10 heteroatoms. The van der Waals surface area contributed by atoms with Crippen molar-refractivity contribution >= 4 is 33.5 Å². The largest absolute Gasteiger partial charge is 0.515 e.